The summed E-state index contributed by atoms with van der Waals surface area (Å²) in [5.41, 5.74) is -1.22. The molecule has 84 valence electrons. The highest BCUT2D eigenvalue weighted by Crippen LogP contribution is 2.31. The van der Waals surface area contributed by atoms with Crippen molar-refractivity contribution < 1.29 is 22.5 Å². The number of hydrogen-bond donors (Lipinski definition) is 1. The quantitative estimate of drug-likeness (QED) is 0.734. The van der Waals surface area contributed by atoms with Crippen molar-refractivity contribution in [3.05, 3.63) is 40.4 Å². The Balaban J connectivity index is 2.61. The summed E-state index contributed by atoms with van der Waals surface area (Å²) in [5.74, 6) is -0.933. The third kappa shape index (κ3) is 1.81. The third-order valence-electron chi connectivity index (χ3n) is 1.84. The number of benzene rings is 1. The summed E-state index contributed by atoms with van der Waals surface area (Å²) in [5, 5.41) is 5.12. The van der Waals surface area contributed by atoms with E-state index >= 15 is 0 Å². The molecular weight excluding hydrogens is 227 g/mol. The van der Waals surface area contributed by atoms with Crippen molar-refractivity contribution in [2.24, 2.45) is 0 Å². The molecule has 5 nitrogen and oxygen atoms in total. The zero-order valence-electron chi connectivity index (χ0n) is 7.65. The molecule has 0 bridgehead atoms. The predicted octanol–water partition coefficient (Wildman–Crippen LogP) is 0.658. The lowest BCUT2D eigenvalue weighted by atomic mass is 10.2. The van der Waals surface area contributed by atoms with E-state index in [9.17, 15) is 18.0 Å². The molecule has 1 aromatic heterocycles. The number of aromatic nitrogens is 3. The molecule has 0 spiro atoms. The van der Waals surface area contributed by atoms with Gasteiger partial charge in [-0.2, -0.15) is 13.2 Å². The van der Waals surface area contributed by atoms with Gasteiger partial charge in [-0.1, -0.05) is 17.2 Å². The van der Waals surface area contributed by atoms with Gasteiger partial charge in [-0.3, -0.25) is 0 Å². The minimum atomic E-state index is -4.53. The van der Waals surface area contributed by atoms with Crippen molar-refractivity contribution in [3.63, 3.8) is 0 Å². The van der Waals surface area contributed by atoms with Crippen molar-refractivity contribution in [2.75, 3.05) is 0 Å². The van der Waals surface area contributed by atoms with E-state index in [-0.39, 0.29) is 5.69 Å². The summed E-state index contributed by atoms with van der Waals surface area (Å²) < 4.78 is 41.9. The van der Waals surface area contributed by atoms with E-state index < -0.39 is 17.5 Å². The lowest BCUT2D eigenvalue weighted by Crippen LogP contribution is -2.39. The molecule has 1 heterocycles. The Bertz CT molecular complexity index is 558. The Morgan fingerprint density at radius 2 is 2.00 bits per heavy atom. The number of hydrogen-bond acceptors (Lipinski definition) is 3. The van der Waals surface area contributed by atoms with Crippen LogP contribution in [0.15, 0.2) is 33.6 Å². The number of nitrogens with one attached hydrogen (secondary N) is 1. The fourth-order valence-electron chi connectivity index (χ4n) is 1.21. The van der Waals surface area contributed by atoms with Gasteiger partial charge in [0.2, 0.25) is 5.27 Å². The van der Waals surface area contributed by atoms with Crippen LogP contribution in [0.2, 0.25) is 0 Å². The van der Waals surface area contributed by atoms with Crippen LogP contribution in [0.4, 0.5) is 13.2 Å². The number of nitrogens with zero attached hydrogens (tertiary/aromatic N) is 2. The highest BCUT2D eigenvalue weighted by molar-refractivity contribution is 5.34. The first-order chi connectivity index (χ1) is 7.48. The maximum Gasteiger partial charge on any atom is 0.493 e. The second kappa shape index (κ2) is 3.47. The molecule has 2 aromatic rings. The number of para-hydroxylation sites is 1. The molecule has 0 radical (unpaired) electrons. The molecule has 1 N–H and O–H groups in total. The number of H-pyrrole nitrogens is 1. The first-order valence-electron chi connectivity index (χ1n) is 4.13. The summed E-state index contributed by atoms with van der Waals surface area (Å²) in [6.45, 7) is 0. The average molecular weight is 232 g/mol. The van der Waals surface area contributed by atoms with Crippen LogP contribution in [0.1, 0.15) is 5.56 Å². The minimum absolute atomic E-state index is 0.305. The Kier molecular flexibility index (Phi) is 2.26. The molecule has 0 aliphatic heterocycles. The molecule has 0 fully saturated rings. The number of halogens is 3. The van der Waals surface area contributed by atoms with Crippen LogP contribution < -0.4 is 10.6 Å². The van der Waals surface area contributed by atoms with Gasteiger partial charge in [0.05, 0.1) is 4.80 Å². The molecule has 0 saturated heterocycles. The monoisotopic (exact) mass is 232 g/mol. The summed E-state index contributed by atoms with van der Waals surface area (Å²) in [6, 6.07) is 4.69. The smallest absolute Gasteiger partial charge is 0.239 e. The van der Waals surface area contributed by atoms with Crippen LogP contribution >= 0.6 is 0 Å². The fraction of sp³-hybridized carbons (Fsp3) is 0.125. The molecule has 0 saturated carbocycles. The highest BCUT2D eigenvalue weighted by Gasteiger charge is 2.38. The van der Waals surface area contributed by atoms with Crippen LogP contribution in [0.5, 0.6) is 0 Å². The highest BCUT2D eigenvalue weighted by atomic mass is 19.4. The van der Waals surface area contributed by atoms with Crippen LogP contribution in [-0.4, -0.2) is 10.4 Å². The largest absolute Gasteiger partial charge is 0.493 e. The van der Waals surface area contributed by atoms with E-state index in [1.165, 1.54) is 18.2 Å². The maximum atomic E-state index is 12.6. The van der Waals surface area contributed by atoms with Gasteiger partial charge >= 0.3 is 11.9 Å². The van der Waals surface area contributed by atoms with Crippen molar-refractivity contribution >= 4 is 0 Å². The van der Waals surface area contributed by atoms with E-state index in [0.29, 0.717) is 4.80 Å². The van der Waals surface area contributed by atoms with Gasteiger partial charge in [-0.05, 0) is 6.07 Å². The van der Waals surface area contributed by atoms with Gasteiger partial charge in [0.15, 0.2) is 0 Å². The number of aromatic amines is 1. The van der Waals surface area contributed by atoms with Gasteiger partial charge in [0.25, 0.3) is 5.69 Å². The summed E-state index contributed by atoms with van der Waals surface area (Å²) in [6.07, 6.45) is -4.53. The standard InChI is InChI=1S/C8H4F3N3O2/c9-8(10,11)5-3-1-2-4-6(5)14-12-7(15)16-13-14/h1-4H/p+1. The summed E-state index contributed by atoms with van der Waals surface area (Å²) in [7, 11) is 0. The van der Waals surface area contributed by atoms with Gasteiger partial charge in [0, 0.05) is 6.07 Å². The van der Waals surface area contributed by atoms with E-state index in [1.54, 1.807) is 0 Å². The maximum absolute atomic E-state index is 12.6. The van der Waals surface area contributed by atoms with E-state index in [2.05, 4.69) is 9.79 Å². The first kappa shape index (κ1) is 10.4. The summed E-state index contributed by atoms with van der Waals surface area (Å²) in [4.78, 5) is 11.3. The Labute approximate surface area is 86.1 Å². The zero-order valence-corrected chi connectivity index (χ0v) is 7.65. The number of rotatable bonds is 1. The lowest BCUT2D eigenvalue weighted by Gasteiger charge is -2.04. The lowest BCUT2D eigenvalue weighted by molar-refractivity contribution is -0.726. The minimum Gasteiger partial charge on any atom is -0.239 e. The second-order valence-corrected chi connectivity index (χ2v) is 2.90. The predicted molar refractivity (Wildman–Crippen MR) is 43.7 cm³/mol. The molecule has 0 unspecified atom stereocenters. The Morgan fingerprint density at radius 3 is 2.56 bits per heavy atom. The van der Waals surface area contributed by atoms with E-state index in [0.717, 1.165) is 6.07 Å². The molecule has 8 heteroatoms. The van der Waals surface area contributed by atoms with Crippen LogP contribution in [0.25, 0.3) is 5.69 Å². The van der Waals surface area contributed by atoms with Crippen molar-refractivity contribution in [1.29, 1.82) is 0 Å². The molecular formula is C8H5F3N3O2+. The molecule has 2 rings (SSSR count). The second-order valence-electron chi connectivity index (χ2n) is 2.90. The number of alkyl halides is 3. The zero-order chi connectivity index (χ0) is 11.8. The molecule has 1 aromatic carbocycles. The van der Waals surface area contributed by atoms with Crippen molar-refractivity contribution in [2.45, 2.75) is 6.18 Å². The first-order valence-corrected chi connectivity index (χ1v) is 4.13. The summed E-state index contributed by atoms with van der Waals surface area (Å²) >= 11 is 0. The van der Waals surface area contributed by atoms with Gasteiger partial charge < -0.3 is 0 Å². The average Bonchev–Trinajstić information content (AvgIpc) is 2.64. The van der Waals surface area contributed by atoms with Crippen LogP contribution in [-0.2, 0) is 6.18 Å². The molecule has 0 amide bonds. The van der Waals surface area contributed by atoms with Gasteiger partial charge in [-0.15, -0.1) is 0 Å². The van der Waals surface area contributed by atoms with Crippen LogP contribution in [0, 0.1) is 0 Å². The van der Waals surface area contributed by atoms with Crippen molar-refractivity contribution in [1.82, 2.24) is 10.4 Å². The fourth-order valence-corrected chi connectivity index (χ4v) is 1.21. The normalized spacial score (nSPS) is 11.7. The molecule has 16 heavy (non-hydrogen) atoms. The Hall–Kier alpha value is -2.12. The topological polar surface area (TPSA) is 62.8 Å². The SMILES string of the molecule is O=c1[nH][n+](-c2ccccc2C(F)(F)F)no1. The Morgan fingerprint density at radius 1 is 1.31 bits per heavy atom. The van der Waals surface area contributed by atoms with Gasteiger partial charge in [-0.25, -0.2) is 9.32 Å². The van der Waals surface area contributed by atoms with Gasteiger partial charge in [0.1, 0.15) is 5.56 Å². The van der Waals surface area contributed by atoms with E-state index in [1.807, 2.05) is 5.10 Å². The third-order valence-corrected chi connectivity index (χ3v) is 1.84. The molecule has 0 aliphatic rings. The van der Waals surface area contributed by atoms with E-state index in [4.69, 9.17) is 0 Å². The molecule has 0 aliphatic carbocycles. The van der Waals surface area contributed by atoms with Crippen molar-refractivity contribution in [3.8, 4) is 5.69 Å². The molecule has 0 atom stereocenters. The van der Waals surface area contributed by atoms with Crippen LogP contribution in [0.3, 0.4) is 0 Å².